The van der Waals surface area contributed by atoms with Crippen molar-refractivity contribution in [1.82, 2.24) is 4.98 Å². The first-order chi connectivity index (χ1) is 4.70. The summed E-state index contributed by atoms with van der Waals surface area (Å²) in [5.41, 5.74) is 0.236. The minimum atomic E-state index is -0.521. The molecule has 0 atom stereocenters. The highest BCUT2D eigenvalue weighted by Crippen LogP contribution is 2.03. The molecule has 1 aromatic heterocycles. The fourth-order valence-corrected chi connectivity index (χ4v) is 0.505. The van der Waals surface area contributed by atoms with Gasteiger partial charge < -0.3 is 0 Å². The van der Waals surface area contributed by atoms with Crippen LogP contribution in [0.4, 0.5) is 5.69 Å². The Balaban J connectivity index is 3.00. The molecule has 0 saturated carbocycles. The Hall–Kier alpha value is -1.39. The van der Waals surface area contributed by atoms with Gasteiger partial charge in [-0.25, -0.2) is 0 Å². The second-order valence-corrected chi connectivity index (χ2v) is 1.70. The fraction of sp³-hybridized carbons (Fsp3) is 0. The average Bonchev–Trinajstić information content (AvgIpc) is 1.88. The maximum Gasteiger partial charge on any atom is 0.287 e. The van der Waals surface area contributed by atoms with Gasteiger partial charge in [-0.05, 0) is 11.7 Å². The third-order valence-corrected chi connectivity index (χ3v) is 0.982. The molecule has 0 amide bonds. The third kappa shape index (κ3) is 1.31. The van der Waals surface area contributed by atoms with Crippen molar-refractivity contribution in [2.75, 3.05) is 0 Å². The van der Waals surface area contributed by atoms with Crippen molar-refractivity contribution >= 4 is 19.1 Å². The summed E-state index contributed by atoms with van der Waals surface area (Å²) in [6.45, 7) is 0. The standard InChI is InChI=1S/C5H3BN2O2/c6-5-2-1-4(3-7-5)8(9)10/h1-3H. The molecular weight excluding hydrogens is 131 g/mol. The molecule has 1 heterocycles. The first-order valence-electron chi connectivity index (χ1n) is 2.56. The van der Waals surface area contributed by atoms with E-state index in [9.17, 15) is 10.1 Å². The minimum Gasteiger partial charge on any atom is -0.266 e. The van der Waals surface area contributed by atoms with E-state index in [1.807, 2.05) is 0 Å². The van der Waals surface area contributed by atoms with Gasteiger partial charge >= 0.3 is 0 Å². The molecule has 48 valence electrons. The molecule has 0 aliphatic heterocycles. The minimum absolute atomic E-state index is 0.0470. The van der Waals surface area contributed by atoms with E-state index in [0.717, 1.165) is 6.20 Å². The van der Waals surface area contributed by atoms with Gasteiger partial charge in [0.25, 0.3) is 5.69 Å². The van der Waals surface area contributed by atoms with Gasteiger partial charge in [-0.15, -0.1) is 0 Å². The number of pyridine rings is 1. The van der Waals surface area contributed by atoms with Crippen molar-refractivity contribution in [2.24, 2.45) is 0 Å². The molecule has 0 saturated heterocycles. The molecule has 1 aromatic rings. The zero-order valence-electron chi connectivity index (χ0n) is 5.02. The van der Waals surface area contributed by atoms with Crippen LogP contribution in [-0.4, -0.2) is 17.8 Å². The summed E-state index contributed by atoms with van der Waals surface area (Å²) in [6.07, 6.45) is 1.12. The molecule has 2 radical (unpaired) electrons. The Morgan fingerprint density at radius 2 is 2.30 bits per heavy atom. The SMILES string of the molecule is [B]c1ccc([N+](=O)[O-])cn1. The second-order valence-electron chi connectivity index (χ2n) is 1.70. The van der Waals surface area contributed by atoms with Crippen LogP contribution >= 0.6 is 0 Å². The van der Waals surface area contributed by atoms with Gasteiger partial charge in [0.05, 0.1) is 4.92 Å². The number of aromatic nitrogens is 1. The molecule has 0 bridgehead atoms. The van der Waals surface area contributed by atoms with E-state index in [0.29, 0.717) is 0 Å². The van der Waals surface area contributed by atoms with Gasteiger partial charge in [0.2, 0.25) is 0 Å². The molecule has 1 rings (SSSR count). The molecule has 0 fully saturated rings. The Labute approximate surface area is 58.5 Å². The predicted molar refractivity (Wildman–Crippen MR) is 36.3 cm³/mol. The van der Waals surface area contributed by atoms with Crippen molar-refractivity contribution in [3.63, 3.8) is 0 Å². The summed E-state index contributed by atoms with van der Waals surface area (Å²) in [7, 11) is 5.19. The summed E-state index contributed by atoms with van der Waals surface area (Å²) in [6, 6.07) is 2.69. The van der Waals surface area contributed by atoms with Gasteiger partial charge in [0.15, 0.2) is 0 Å². The first-order valence-corrected chi connectivity index (χ1v) is 2.56. The number of hydrogen-bond donors (Lipinski definition) is 0. The molecule has 5 heteroatoms. The summed E-state index contributed by atoms with van der Waals surface area (Å²) in [5, 5.41) is 10.0. The smallest absolute Gasteiger partial charge is 0.266 e. The molecule has 10 heavy (non-hydrogen) atoms. The maximum absolute atomic E-state index is 10.0. The zero-order chi connectivity index (χ0) is 7.56. The monoisotopic (exact) mass is 134 g/mol. The van der Waals surface area contributed by atoms with Crippen LogP contribution in [0.1, 0.15) is 0 Å². The van der Waals surface area contributed by atoms with Gasteiger partial charge in [0.1, 0.15) is 14.0 Å². The number of nitrogens with zero attached hydrogens (tertiary/aromatic N) is 2. The maximum atomic E-state index is 10.0. The van der Waals surface area contributed by atoms with Crippen molar-refractivity contribution in [3.05, 3.63) is 28.4 Å². The van der Waals surface area contributed by atoms with Crippen LogP contribution < -0.4 is 5.59 Å². The van der Waals surface area contributed by atoms with Crippen LogP contribution in [-0.2, 0) is 0 Å². The number of rotatable bonds is 1. The van der Waals surface area contributed by atoms with Crippen LogP contribution in [0, 0.1) is 10.1 Å². The molecular formula is C5H3BN2O2. The van der Waals surface area contributed by atoms with E-state index >= 15 is 0 Å². The van der Waals surface area contributed by atoms with E-state index in [4.69, 9.17) is 7.85 Å². The van der Waals surface area contributed by atoms with E-state index in [2.05, 4.69) is 4.98 Å². The topological polar surface area (TPSA) is 56.0 Å². The van der Waals surface area contributed by atoms with E-state index in [-0.39, 0.29) is 11.3 Å². The second kappa shape index (κ2) is 2.47. The van der Waals surface area contributed by atoms with Crippen molar-refractivity contribution in [2.45, 2.75) is 0 Å². The van der Waals surface area contributed by atoms with Gasteiger partial charge in [0, 0.05) is 6.07 Å². The zero-order valence-corrected chi connectivity index (χ0v) is 5.02. The lowest BCUT2D eigenvalue weighted by Gasteiger charge is -1.89. The lowest BCUT2D eigenvalue weighted by molar-refractivity contribution is -0.385. The van der Waals surface area contributed by atoms with Crippen LogP contribution in [0.5, 0.6) is 0 Å². The highest BCUT2D eigenvalue weighted by atomic mass is 16.6. The average molecular weight is 134 g/mol. The Morgan fingerprint density at radius 3 is 2.70 bits per heavy atom. The fourth-order valence-electron chi connectivity index (χ4n) is 0.505. The molecule has 0 aliphatic rings. The Morgan fingerprint density at radius 1 is 1.60 bits per heavy atom. The molecule has 0 aliphatic carbocycles. The van der Waals surface area contributed by atoms with E-state index in [1.165, 1.54) is 12.1 Å². The summed E-state index contributed by atoms with van der Waals surface area (Å²) < 4.78 is 0. The van der Waals surface area contributed by atoms with E-state index in [1.54, 1.807) is 0 Å². The third-order valence-electron chi connectivity index (χ3n) is 0.982. The predicted octanol–water partition coefficient (Wildman–Crippen LogP) is -0.216. The lowest BCUT2D eigenvalue weighted by atomic mass is 10.0. The highest BCUT2D eigenvalue weighted by molar-refractivity contribution is 6.30. The van der Waals surface area contributed by atoms with Gasteiger partial charge in [-0.3, -0.25) is 15.1 Å². The van der Waals surface area contributed by atoms with Crippen LogP contribution in [0.15, 0.2) is 18.3 Å². The number of hydrogen-bond acceptors (Lipinski definition) is 3. The Bertz CT molecular complexity index is 246. The van der Waals surface area contributed by atoms with Crippen molar-refractivity contribution in [1.29, 1.82) is 0 Å². The lowest BCUT2D eigenvalue weighted by Crippen LogP contribution is -2.06. The Kier molecular flexibility index (Phi) is 1.66. The summed E-state index contributed by atoms with van der Waals surface area (Å²) >= 11 is 0. The van der Waals surface area contributed by atoms with Crippen LogP contribution in [0.2, 0.25) is 0 Å². The normalized spacial score (nSPS) is 9.20. The summed E-state index contributed by atoms with van der Waals surface area (Å²) in [4.78, 5) is 13.1. The van der Waals surface area contributed by atoms with Crippen LogP contribution in [0.25, 0.3) is 0 Å². The first kappa shape index (κ1) is 6.73. The number of nitro groups is 1. The molecule has 0 N–H and O–H groups in total. The van der Waals surface area contributed by atoms with Crippen molar-refractivity contribution in [3.8, 4) is 0 Å². The van der Waals surface area contributed by atoms with Crippen molar-refractivity contribution < 1.29 is 4.92 Å². The summed E-state index contributed by atoms with van der Waals surface area (Å²) in [5.74, 6) is 0. The largest absolute Gasteiger partial charge is 0.287 e. The quantitative estimate of drug-likeness (QED) is 0.303. The molecule has 0 aromatic carbocycles. The van der Waals surface area contributed by atoms with Gasteiger partial charge in [-0.2, -0.15) is 0 Å². The molecule has 4 nitrogen and oxygen atoms in total. The van der Waals surface area contributed by atoms with E-state index < -0.39 is 4.92 Å². The molecule has 0 unspecified atom stereocenters. The van der Waals surface area contributed by atoms with Crippen LogP contribution in [0.3, 0.4) is 0 Å². The highest BCUT2D eigenvalue weighted by Gasteiger charge is 2.01. The van der Waals surface area contributed by atoms with Gasteiger partial charge in [-0.1, -0.05) is 0 Å². The molecule has 0 spiro atoms.